The lowest BCUT2D eigenvalue weighted by atomic mass is 9.74. The number of Topliss-reactive ketones (excluding diaryl/α,β-unsaturated/α-hetero) is 1. The zero-order valence-electron chi connectivity index (χ0n) is 9.69. The van der Waals surface area contributed by atoms with Crippen molar-refractivity contribution in [1.29, 1.82) is 0 Å². The van der Waals surface area contributed by atoms with Crippen LogP contribution in [0.1, 0.15) is 27.4 Å². The summed E-state index contributed by atoms with van der Waals surface area (Å²) >= 11 is 5.95. The lowest BCUT2D eigenvalue weighted by Gasteiger charge is -2.28. The second-order valence-electron chi connectivity index (χ2n) is 4.56. The molecule has 1 aliphatic rings. The highest BCUT2D eigenvalue weighted by Crippen LogP contribution is 2.37. The van der Waals surface area contributed by atoms with E-state index in [0.717, 1.165) is 12.0 Å². The number of ketones is 1. The molecule has 0 saturated heterocycles. The number of halogens is 1. The lowest BCUT2D eigenvalue weighted by Crippen LogP contribution is -2.25. The molecule has 90 valence electrons. The zero-order valence-corrected chi connectivity index (χ0v) is 10.4. The summed E-state index contributed by atoms with van der Waals surface area (Å²) in [6, 6.07) is 13.1. The van der Waals surface area contributed by atoms with Crippen molar-refractivity contribution in [2.24, 2.45) is 0 Å². The van der Waals surface area contributed by atoms with Crippen LogP contribution in [0, 0.1) is 0 Å². The normalized spacial score (nSPS) is 16.8. The van der Waals surface area contributed by atoms with Crippen molar-refractivity contribution in [3.63, 3.8) is 0 Å². The van der Waals surface area contributed by atoms with Gasteiger partial charge >= 0.3 is 0 Å². The van der Waals surface area contributed by atoms with Crippen LogP contribution in [0.3, 0.4) is 0 Å². The van der Waals surface area contributed by atoms with Crippen LogP contribution < -0.4 is 5.73 Å². The highest BCUT2D eigenvalue weighted by Gasteiger charge is 2.32. The fourth-order valence-electron chi connectivity index (χ4n) is 2.37. The van der Waals surface area contributed by atoms with Crippen molar-refractivity contribution in [1.82, 2.24) is 0 Å². The van der Waals surface area contributed by atoms with Gasteiger partial charge in [-0.15, -0.1) is 0 Å². The molecule has 0 bridgehead atoms. The zero-order chi connectivity index (χ0) is 12.7. The minimum atomic E-state index is -0.0270. The highest BCUT2D eigenvalue weighted by atomic mass is 35.5. The molecule has 3 heteroatoms. The van der Waals surface area contributed by atoms with Gasteiger partial charge in [-0.1, -0.05) is 35.9 Å². The second-order valence-corrected chi connectivity index (χ2v) is 4.96. The summed E-state index contributed by atoms with van der Waals surface area (Å²) in [6.07, 6.45) is 0.816. The molecular formula is C15H12ClNO. The number of hydrogen-bond acceptors (Lipinski definition) is 2. The van der Waals surface area contributed by atoms with Crippen molar-refractivity contribution in [3.8, 4) is 0 Å². The van der Waals surface area contributed by atoms with E-state index in [1.165, 1.54) is 5.56 Å². The Labute approximate surface area is 110 Å². The number of nitrogens with two attached hydrogens (primary N) is 1. The van der Waals surface area contributed by atoms with Crippen LogP contribution in [-0.2, 0) is 6.42 Å². The van der Waals surface area contributed by atoms with Gasteiger partial charge in [-0.05, 0) is 35.7 Å². The summed E-state index contributed by atoms with van der Waals surface area (Å²) in [5.41, 5.74) is 9.18. The van der Waals surface area contributed by atoms with E-state index in [9.17, 15) is 4.79 Å². The summed E-state index contributed by atoms with van der Waals surface area (Å²) in [4.78, 5) is 12.4. The molecule has 0 fully saturated rings. The van der Waals surface area contributed by atoms with E-state index in [0.29, 0.717) is 16.3 Å². The molecule has 0 radical (unpaired) electrons. The molecule has 2 aromatic carbocycles. The molecule has 2 N–H and O–H groups in total. The first-order valence-corrected chi connectivity index (χ1v) is 6.21. The number of hydrogen-bond donors (Lipinski definition) is 1. The minimum Gasteiger partial charge on any atom is -0.398 e. The van der Waals surface area contributed by atoms with Gasteiger partial charge in [0.15, 0.2) is 5.78 Å². The Morgan fingerprint density at radius 1 is 1.22 bits per heavy atom. The van der Waals surface area contributed by atoms with Gasteiger partial charge in [0.2, 0.25) is 0 Å². The van der Waals surface area contributed by atoms with Crippen LogP contribution in [0.5, 0.6) is 0 Å². The molecule has 3 rings (SSSR count). The summed E-state index contributed by atoms with van der Waals surface area (Å²) in [7, 11) is 0. The molecule has 0 saturated carbocycles. The quantitative estimate of drug-likeness (QED) is 0.661. The average Bonchev–Trinajstić information content (AvgIpc) is 2.34. The fourth-order valence-corrected chi connectivity index (χ4v) is 2.55. The number of carbonyl (C=O) groups excluding carboxylic acids is 1. The van der Waals surface area contributed by atoms with Crippen LogP contribution in [0.25, 0.3) is 0 Å². The van der Waals surface area contributed by atoms with Gasteiger partial charge in [-0.25, -0.2) is 0 Å². The molecule has 1 aliphatic carbocycles. The summed E-state index contributed by atoms with van der Waals surface area (Å²) in [5, 5.41) is 0.438. The summed E-state index contributed by atoms with van der Waals surface area (Å²) in [6.45, 7) is 0. The maximum atomic E-state index is 12.4. The van der Waals surface area contributed by atoms with E-state index in [4.69, 9.17) is 17.3 Å². The van der Waals surface area contributed by atoms with Gasteiger partial charge in [-0.2, -0.15) is 0 Å². The predicted octanol–water partition coefficient (Wildman–Crippen LogP) is 3.44. The lowest BCUT2D eigenvalue weighted by molar-refractivity contribution is 0.0949. The van der Waals surface area contributed by atoms with Crippen LogP contribution >= 0.6 is 11.6 Å². The van der Waals surface area contributed by atoms with Gasteiger partial charge in [0.25, 0.3) is 0 Å². The molecule has 0 amide bonds. The van der Waals surface area contributed by atoms with E-state index in [1.807, 2.05) is 18.2 Å². The number of carbonyl (C=O) groups is 1. The van der Waals surface area contributed by atoms with Gasteiger partial charge in [0.05, 0.1) is 16.6 Å². The molecule has 2 nitrogen and oxygen atoms in total. The summed E-state index contributed by atoms with van der Waals surface area (Å²) in [5.74, 6) is 0.0940. The number of benzene rings is 2. The monoisotopic (exact) mass is 257 g/mol. The SMILES string of the molecule is Nc1ccc(C(=O)C2Cc3ccccc32)cc1Cl. The molecule has 1 atom stereocenters. The van der Waals surface area contributed by atoms with E-state index < -0.39 is 0 Å². The highest BCUT2D eigenvalue weighted by molar-refractivity contribution is 6.33. The van der Waals surface area contributed by atoms with Crippen molar-refractivity contribution in [2.45, 2.75) is 12.3 Å². The number of rotatable bonds is 2. The third-order valence-corrected chi connectivity index (χ3v) is 3.78. The molecule has 2 aromatic rings. The Hall–Kier alpha value is -1.80. The fraction of sp³-hybridized carbons (Fsp3) is 0.133. The van der Waals surface area contributed by atoms with Gasteiger partial charge < -0.3 is 5.73 Å². The predicted molar refractivity (Wildman–Crippen MR) is 73.1 cm³/mol. The molecule has 0 aliphatic heterocycles. The van der Waals surface area contributed by atoms with Crippen molar-refractivity contribution < 1.29 is 4.79 Å². The molecule has 1 unspecified atom stereocenters. The molecule has 0 spiro atoms. The summed E-state index contributed by atoms with van der Waals surface area (Å²) < 4.78 is 0. The first kappa shape index (κ1) is 11.3. The van der Waals surface area contributed by atoms with Crippen molar-refractivity contribution >= 4 is 23.1 Å². The number of anilines is 1. The number of fused-ring (bicyclic) bond motifs is 1. The van der Waals surface area contributed by atoms with Gasteiger partial charge in [-0.3, -0.25) is 4.79 Å². The molecular weight excluding hydrogens is 246 g/mol. The van der Waals surface area contributed by atoms with E-state index >= 15 is 0 Å². The minimum absolute atomic E-state index is 0.0270. The van der Waals surface area contributed by atoms with Crippen LogP contribution in [0.4, 0.5) is 5.69 Å². The largest absolute Gasteiger partial charge is 0.398 e. The Bertz CT molecular complexity index is 636. The Morgan fingerprint density at radius 3 is 2.72 bits per heavy atom. The molecule has 0 aromatic heterocycles. The molecule has 0 heterocycles. The molecule has 18 heavy (non-hydrogen) atoms. The van der Waals surface area contributed by atoms with Crippen LogP contribution in [0.15, 0.2) is 42.5 Å². The Morgan fingerprint density at radius 2 is 2.00 bits per heavy atom. The van der Waals surface area contributed by atoms with Crippen molar-refractivity contribution in [3.05, 3.63) is 64.2 Å². The van der Waals surface area contributed by atoms with E-state index in [1.54, 1.807) is 18.2 Å². The maximum Gasteiger partial charge on any atom is 0.170 e. The van der Waals surface area contributed by atoms with E-state index in [2.05, 4.69) is 6.07 Å². The third kappa shape index (κ3) is 1.70. The van der Waals surface area contributed by atoms with E-state index in [-0.39, 0.29) is 11.7 Å². The first-order valence-electron chi connectivity index (χ1n) is 5.84. The van der Waals surface area contributed by atoms with Gasteiger partial charge in [0, 0.05) is 5.56 Å². The number of nitrogen functional groups attached to an aromatic ring is 1. The second kappa shape index (κ2) is 4.14. The third-order valence-electron chi connectivity index (χ3n) is 3.46. The van der Waals surface area contributed by atoms with Crippen LogP contribution in [-0.4, -0.2) is 5.78 Å². The maximum absolute atomic E-state index is 12.4. The standard InChI is InChI=1S/C15H12ClNO/c16-13-8-10(5-6-14(13)17)15(18)12-7-9-3-1-2-4-11(9)12/h1-6,8,12H,7,17H2. The topological polar surface area (TPSA) is 43.1 Å². The Kier molecular flexibility index (Phi) is 2.60. The first-order chi connectivity index (χ1) is 8.66. The average molecular weight is 258 g/mol. The smallest absolute Gasteiger partial charge is 0.170 e. The van der Waals surface area contributed by atoms with Gasteiger partial charge in [0.1, 0.15) is 0 Å². The van der Waals surface area contributed by atoms with Crippen LogP contribution in [0.2, 0.25) is 5.02 Å². The Balaban J connectivity index is 1.91. The van der Waals surface area contributed by atoms with Crippen molar-refractivity contribution in [2.75, 3.05) is 5.73 Å².